The summed E-state index contributed by atoms with van der Waals surface area (Å²) in [5.74, 6) is 0.829. The predicted molar refractivity (Wildman–Crippen MR) is 105 cm³/mol. The van der Waals surface area contributed by atoms with Gasteiger partial charge in [0.25, 0.3) is 0 Å². The van der Waals surface area contributed by atoms with Crippen LogP contribution in [0.25, 0.3) is 0 Å². The number of ether oxygens (including phenoxy) is 1. The number of benzene rings is 3. The van der Waals surface area contributed by atoms with Crippen LogP contribution in [0.5, 0.6) is 5.75 Å². The molecule has 0 spiro atoms. The van der Waals surface area contributed by atoms with Gasteiger partial charge in [0.15, 0.2) is 0 Å². The minimum absolute atomic E-state index is 0.0201. The molecule has 1 aliphatic heterocycles. The molecule has 1 heterocycles. The molecule has 136 valence electrons. The summed E-state index contributed by atoms with van der Waals surface area (Å²) in [7, 11) is 0. The Hall–Kier alpha value is -3.27. The number of hydrogen-bond acceptors (Lipinski definition) is 2. The largest absolute Gasteiger partial charge is 0.489 e. The maximum Gasteiger partial charge on any atom is 0.318 e. The van der Waals surface area contributed by atoms with E-state index in [1.807, 2.05) is 89.8 Å². The summed E-state index contributed by atoms with van der Waals surface area (Å²) in [6, 6.07) is 28.2. The number of amides is 2. The molecule has 4 heteroatoms. The Labute approximate surface area is 159 Å². The number of rotatable bonds is 6. The molecule has 4 rings (SSSR count). The first-order valence-electron chi connectivity index (χ1n) is 9.14. The Bertz CT molecular complexity index is 879. The maximum atomic E-state index is 12.3. The van der Waals surface area contributed by atoms with Crippen molar-refractivity contribution in [2.75, 3.05) is 6.54 Å². The zero-order valence-corrected chi connectivity index (χ0v) is 15.0. The molecule has 4 nitrogen and oxygen atoms in total. The molecule has 1 atom stereocenters. The fourth-order valence-electron chi connectivity index (χ4n) is 3.25. The van der Waals surface area contributed by atoms with Gasteiger partial charge in [-0.1, -0.05) is 72.8 Å². The molecular formula is C23H22N2O2. The van der Waals surface area contributed by atoms with Gasteiger partial charge < -0.3 is 15.0 Å². The zero-order valence-electron chi connectivity index (χ0n) is 15.0. The summed E-state index contributed by atoms with van der Waals surface area (Å²) >= 11 is 0. The van der Waals surface area contributed by atoms with Gasteiger partial charge >= 0.3 is 6.03 Å². The van der Waals surface area contributed by atoms with Gasteiger partial charge in [0.05, 0.1) is 6.04 Å². The van der Waals surface area contributed by atoms with Crippen molar-refractivity contribution >= 4 is 6.03 Å². The summed E-state index contributed by atoms with van der Waals surface area (Å²) in [6.07, 6.45) is 0. The van der Waals surface area contributed by atoms with Crippen molar-refractivity contribution in [3.63, 3.8) is 0 Å². The van der Waals surface area contributed by atoms with Crippen molar-refractivity contribution < 1.29 is 9.53 Å². The summed E-state index contributed by atoms with van der Waals surface area (Å²) in [6.45, 7) is 1.82. The summed E-state index contributed by atoms with van der Waals surface area (Å²) in [5.41, 5.74) is 3.37. The molecule has 0 saturated carbocycles. The number of hydrogen-bond donors (Lipinski definition) is 1. The van der Waals surface area contributed by atoms with E-state index in [2.05, 4.69) is 5.32 Å². The smallest absolute Gasteiger partial charge is 0.318 e. The first-order chi connectivity index (χ1) is 13.3. The average Bonchev–Trinajstić information content (AvgIpc) is 3.09. The summed E-state index contributed by atoms with van der Waals surface area (Å²) in [4.78, 5) is 14.1. The molecule has 1 N–H and O–H groups in total. The minimum Gasteiger partial charge on any atom is -0.489 e. The fraction of sp³-hybridized carbons (Fsp3) is 0.174. The van der Waals surface area contributed by atoms with Gasteiger partial charge in [-0.05, 0) is 28.8 Å². The van der Waals surface area contributed by atoms with E-state index >= 15 is 0 Å². The van der Waals surface area contributed by atoms with Gasteiger partial charge in [0.1, 0.15) is 12.4 Å². The number of carbonyl (C=O) groups excluding carboxylic acids is 1. The summed E-state index contributed by atoms with van der Waals surface area (Å²) < 4.78 is 5.82. The molecule has 0 aliphatic carbocycles. The lowest BCUT2D eigenvalue weighted by Crippen LogP contribution is -2.27. The van der Waals surface area contributed by atoms with Crippen molar-refractivity contribution in [1.82, 2.24) is 10.2 Å². The minimum atomic E-state index is -0.0201. The third-order valence-electron chi connectivity index (χ3n) is 4.73. The monoisotopic (exact) mass is 358 g/mol. The van der Waals surface area contributed by atoms with E-state index in [0.29, 0.717) is 19.7 Å². The Kier molecular flexibility index (Phi) is 5.06. The number of carbonyl (C=O) groups is 1. The molecule has 2 amide bonds. The van der Waals surface area contributed by atoms with E-state index in [4.69, 9.17) is 4.74 Å². The van der Waals surface area contributed by atoms with Crippen LogP contribution in [0, 0.1) is 0 Å². The van der Waals surface area contributed by atoms with Crippen LogP contribution in [0.1, 0.15) is 22.7 Å². The first kappa shape index (κ1) is 17.2. The highest BCUT2D eigenvalue weighted by Gasteiger charge is 2.29. The molecule has 3 aromatic carbocycles. The van der Waals surface area contributed by atoms with Crippen LogP contribution in [0.4, 0.5) is 4.79 Å². The molecule has 1 fully saturated rings. The number of urea groups is 1. The predicted octanol–water partition coefficient (Wildman–Crippen LogP) is 4.53. The lowest BCUT2D eigenvalue weighted by Gasteiger charge is -2.15. The topological polar surface area (TPSA) is 41.6 Å². The van der Waals surface area contributed by atoms with Crippen LogP contribution >= 0.6 is 0 Å². The second-order valence-electron chi connectivity index (χ2n) is 6.71. The highest BCUT2D eigenvalue weighted by Crippen LogP contribution is 2.22. The molecule has 0 radical (unpaired) electrons. The van der Waals surface area contributed by atoms with Gasteiger partial charge in [-0.15, -0.1) is 0 Å². The average molecular weight is 358 g/mol. The van der Waals surface area contributed by atoms with Crippen molar-refractivity contribution in [2.45, 2.75) is 19.2 Å². The molecule has 27 heavy (non-hydrogen) atoms. The van der Waals surface area contributed by atoms with Crippen LogP contribution in [-0.4, -0.2) is 17.5 Å². The van der Waals surface area contributed by atoms with E-state index in [0.717, 1.165) is 22.4 Å². The third kappa shape index (κ3) is 4.29. The van der Waals surface area contributed by atoms with Gasteiger partial charge in [0.2, 0.25) is 0 Å². The van der Waals surface area contributed by atoms with E-state index in [9.17, 15) is 4.79 Å². The van der Waals surface area contributed by atoms with Crippen molar-refractivity contribution in [3.05, 3.63) is 102 Å². The summed E-state index contributed by atoms with van der Waals surface area (Å²) in [5, 5.41) is 3.05. The number of nitrogens with one attached hydrogen (secondary N) is 1. The van der Waals surface area contributed by atoms with Crippen LogP contribution < -0.4 is 10.1 Å². The zero-order chi connectivity index (χ0) is 18.5. The Morgan fingerprint density at radius 1 is 0.852 bits per heavy atom. The van der Waals surface area contributed by atoms with E-state index in [1.54, 1.807) is 0 Å². The van der Waals surface area contributed by atoms with E-state index < -0.39 is 0 Å². The number of nitrogens with zero attached hydrogens (tertiary/aromatic N) is 1. The molecule has 1 saturated heterocycles. The van der Waals surface area contributed by atoms with Crippen molar-refractivity contribution in [1.29, 1.82) is 0 Å². The van der Waals surface area contributed by atoms with Crippen LogP contribution in [-0.2, 0) is 13.2 Å². The van der Waals surface area contributed by atoms with Crippen molar-refractivity contribution in [2.24, 2.45) is 0 Å². The van der Waals surface area contributed by atoms with E-state index in [-0.39, 0.29) is 12.1 Å². The Morgan fingerprint density at radius 3 is 2.22 bits per heavy atom. The van der Waals surface area contributed by atoms with Gasteiger partial charge in [-0.2, -0.15) is 0 Å². The molecule has 3 aromatic rings. The SMILES string of the molecule is O=C1N[C@@H](c2ccccc2)CN1Cc1ccc(OCc2ccccc2)cc1. The molecule has 0 aromatic heterocycles. The Morgan fingerprint density at radius 2 is 1.52 bits per heavy atom. The second kappa shape index (κ2) is 7.96. The second-order valence-corrected chi connectivity index (χ2v) is 6.71. The van der Waals surface area contributed by atoms with E-state index in [1.165, 1.54) is 0 Å². The van der Waals surface area contributed by atoms with Gasteiger partial charge in [-0.3, -0.25) is 0 Å². The standard InChI is InChI=1S/C23H22N2O2/c26-23-24-22(20-9-5-2-6-10-20)16-25(23)15-18-11-13-21(14-12-18)27-17-19-7-3-1-4-8-19/h1-14,22H,15-17H2,(H,24,26)/t22-/m1/s1. The molecule has 0 unspecified atom stereocenters. The lowest BCUT2D eigenvalue weighted by molar-refractivity contribution is 0.215. The van der Waals surface area contributed by atoms with Crippen LogP contribution in [0.2, 0.25) is 0 Å². The van der Waals surface area contributed by atoms with Gasteiger partial charge in [0, 0.05) is 13.1 Å². The quantitative estimate of drug-likeness (QED) is 0.703. The van der Waals surface area contributed by atoms with Crippen LogP contribution in [0.15, 0.2) is 84.9 Å². The first-order valence-corrected chi connectivity index (χ1v) is 9.14. The highest BCUT2D eigenvalue weighted by molar-refractivity contribution is 5.77. The highest BCUT2D eigenvalue weighted by atomic mass is 16.5. The molecule has 0 bridgehead atoms. The fourth-order valence-corrected chi connectivity index (χ4v) is 3.25. The molecule has 1 aliphatic rings. The molecular weight excluding hydrogens is 336 g/mol. The van der Waals surface area contributed by atoms with Crippen molar-refractivity contribution in [3.8, 4) is 5.75 Å². The lowest BCUT2D eigenvalue weighted by atomic mass is 10.1. The Balaban J connectivity index is 1.34. The van der Waals surface area contributed by atoms with Crippen LogP contribution in [0.3, 0.4) is 0 Å². The third-order valence-corrected chi connectivity index (χ3v) is 4.73. The maximum absolute atomic E-state index is 12.3. The normalized spacial score (nSPS) is 16.2. The van der Waals surface area contributed by atoms with Gasteiger partial charge in [-0.25, -0.2) is 4.79 Å².